The molecule has 0 aliphatic rings. The van der Waals surface area contributed by atoms with E-state index in [0.29, 0.717) is 32.7 Å². The number of aromatic nitrogens is 2. The maximum absolute atomic E-state index is 11.8. The summed E-state index contributed by atoms with van der Waals surface area (Å²) in [6, 6.07) is 4.62. The molecular weight excluding hydrogens is 349 g/mol. The predicted octanol–water partition coefficient (Wildman–Crippen LogP) is 3.20. The zero-order chi connectivity index (χ0) is 16.1. The summed E-state index contributed by atoms with van der Waals surface area (Å²) in [5, 5.41) is 7.13. The third-order valence-corrected chi connectivity index (χ3v) is 3.74. The Morgan fingerprint density at radius 3 is 2.59 bits per heavy atom. The van der Waals surface area contributed by atoms with Gasteiger partial charge in [0.1, 0.15) is 0 Å². The summed E-state index contributed by atoms with van der Waals surface area (Å²) in [7, 11) is 0. The summed E-state index contributed by atoms with van der Waals surface area (Å²) in [5.74, 6) is -1.12. The van der Waals surface area contributed by atoms with Crippen LogP contribution in [0.4, 0.5) is 5.69 Å². The average molecular weight is 360 g/mol. The molecule has 9 heteroatoms. The Hall–Kier alpha value is -1.70. The lowest BCUT2D eigenvalue weighted by Crippen LogP contribution is -2.21. The van der Waals surface area contributed by atoms with Crippen LogP contribution in [0.25, 0.3) is 0 Å². The molecule has 0 saturated carbocycles. The van der Waals surface area contributed by atoms with E-state index >= 15 is 0 Å². The number of amides is 1. The Balaban J connectivity index is 1.91. The second-order valence-electron chi connectivity index (χ2n) is 4.18. The first-order valence-corrected chi connectivity index (χ1v) is 7.76. The Kier molecular flexibility index (Phi) is 5.70. The van der Waals surface area contributed by atoms with Crippen LogP contribution in [-0.4, -0.2) is 28.1 Å². The van der Waals surface area contributed by atoms with E-state index in [-0.39, 0.29) is 0 Å². The van der Waals surface area contributed by atoms with Gasteiger partial charge in [-0.1, -0.05) is 34.6 Å². The fourth-order valence-electron chi connectivity index (χ4n) is 1.61. The van der Waals surface area contributed by atoms with Gasteiger partial charge in [0.2, 0.25) is 0 Å². The minimum Gasteiger partial charge on any atom is -0.451 e. The van der Waals surface area contributed by atoms with Crippen LogP contribution < -0.4 is 5.32 Å². The smallest absolute Gasteiger partial charge is 0.352 e. The van der Waals surface area contributed by atoms with Gasteiger partial charge in [-0.2, -0.15) is 0 Å². The number of aryl methyl sites for hydroxylation is 1. The molecule has 22 heavy (non-hydrogen) atoms. The highest BCUT2D eigenvalue weighted by molar-refractivity contribution is 7.07. The number of esters is 1. The molecule has 116 valence electrons. The van der Waals surface area contributed by atoms with Gasteiger partial charge in [0, 0.05) is 15.7 Å². The first-order valence-electron chi connectivity index (χ1n) is 6.24. The minimum absolute atomic E-state index is 0.307. The fourth-order valence-corrected chi connectivity index (χ4v) is 2.79. The van der Waals surface area contributed by atoms with E-state index in [1.54, 1.807) is 6.07 Å². The summed E-state index contributed by atoms with van der Waals surface area (Å²) >= 11 is 12.6. The van der Waals surface area contributed by atoms with Crippen molar-refractivity contribution in [2.45, 2.75) is 13.3 Å². The van der Waals surface area contributed by atoms with E-state index in [2.05, 4.69) is 14.9 Å². The van der Waals surface area contributed by atoms with Crippen molar-refractivity contribution in [3.05, 3.63) is 38.8 Å². The molecule has 2 rings (SSSR count). The number of carbonyl (C=O) groups excluding carboxylic acids is 2. The number of nitrogens with zero attached hydrogens (tertiary/aromatic N) is 2. The van der Waals surface area contributed by atoms with E-state index in [1.807, 2.05) is 6.92 Å². The number of hydrogen-bond donors (Lipinski definition) is 1. The Labute approximate surface area is 140 Å². The molecule has 0 aliphatic carbocycles. The van der Waals surface area contributed by atoms with Crippen molar-refractivity contribution in [1.82, 2.24) is 9.59 Å². The maximum atomic E-state index is 11.8. The van der Waals surface area contributed by atoms with E-state index in [1.165, 1.54) is 12.1 Å². The highest BCUT2D eigenvalue weighted by atomic mass is 35.5. The Bertz CT molecular complexity index is 685. The van der Waals surface area contributed by atoms with Gasteiger partial charge in [0.15, 0.2) is 11.5 Å². The van der Waals surface area contributed by atoms with Crippen LogP contribution in [0.1, 0.15) is 22.3 Å². The summed E-state index contributed by atoms with van der Waals surface area (Å²) < 4.78 is 8.63. The molecule has 0 saturated heterocycles. The van der Waals surface area contributed by atoms with E-state index < -0.39 is 18.5 Å². The Morgan fingerprint density at radius 2 is 1.95 bits per heavy atom. The van der Waals surface area contributed by atoms with Crippen LogP contribution in [0.15, 0.2) is 18.2 Å². The highest BCUT2D eigenvalue weighted by Gasteiger charge is 2.17. The van der Waals surface area contributed by atoms with Crippen LogP contribution in [0, 0.1) is 0 Å². The molecule has 1 aromatic carbocycles. The number of anilines is 1. The highest BCUT2D eigenvalue weighted by Crippen LogP contribution is 2.22. The predicted molar refractivity (Wildman–Crippen MR) is 84.7 cm³/mol. The molecule has 1 heterocycles. The summed E-state index contributed by atoms with van der Waals surface area (Å²) in [5.41, 5.74) is 0.976. The third kappa shape index (κ3) is 4.40. The lowest BCUT2D eigenvalue weighted by Gasteiger charge is -2.07. The zero-order valence-electron chi connectivity index (χ0n) is 11.4. The van der Waals surface area contributed by atoms with Crippen molar-refractivity contribution in [2.75, 3.05) is 11.9 Å². The lowest BCUT2D eigenvalue weighted by molar-refractivity contribution is -0.119. The van der Waals surface area contributed by atoms with Crippen LogP contribution in [0.2, 0.25) is 10.0 Å². The topological polar surface area (TPSA) is 81.2 Å². The largest absolute Gasteiger partial charge is 0.451 e. The summed E-state index contributed by atoms with van der Waals surface area (Å²) in [4.78, 5) is 23.9. The van der Waals surface area contributed by atoms with Gasteiger partial charge >= 0.3 is 5.97 Å². The van der Waals surface area contributed by atoms with Crippen molar-refractivity contribution in [1.29, 1.82) is 0 Å². The van der Waals surface area contributed by atoms with Crippen LogP contribution in [0.3, 0.4) is 0 Å². The van der Waals surface area contributed by atoms with Crippen LogP contribution in [0.5, 0.6) is 0 Å². The molecule has 1 amide bonds. The van der Waals surface area contributed by atoms with Crippen molar-refractivity contribution in [3.63, 3.8) is 0 Å². The van der Waals surface area contributed by atoms with Gasteiger partial charge in [-0.3, -0.25) is 4.79 Å². The molecule has 0 spiro atoms. The molecule has 6 nitrogen and oxygen atoms in total. The van der Waals surface area contributed by atoms with Crippen LogP contribution >= 0.6 is 34.7 Å². The van der Waals surface area contributed by atoms with Gasteiger partial charge in [0.05, 0.1) is 5.69 Å². The molecule has 0 atom stereocenters. The van der Waals surface area contributed by atoms with E-state index in [9.17, 15) is 9.59 Å². The first kappa shape index (κ1) is 16.7. The Morgan fingerprint density at radius 1 is 1.27 bits per heavy atom. The lowest BCUT2D eigenvalue weighted by atomic mass is 10.3. The molecule has 0 fully saturated rings. The van der Waals surface area contributed by atoms with Gasteiger partial charge in [0.25, 0.3) is 5.91 Å². The molecule has 0 aliphatic heterocycles. The molecule has 2 aromatic rings. The number of halogens is 2. The molecule has 1 aromatic heterocycles. The monoisotopic (exact) mass is 359 g/mol. The number of rotatable bonds is 5. The molecular formula is C13H11Cl2N3O3S. The second-order valence-corrected chi connectivity index (χ2v) is 5.81. The number of hydrogen-bond acceptors (Lipinski definition) is 6. The zero-order valence-corrected chi connectivity index (χ0v) is 13.8. The van der Waals surface area contributed by atoms with Crippen molar-refractivity contribution in [3.8, 4) is 0 Å². The normalized spacial score (nSPS) is 10.3. The quantitative estimate of drug-likeness (QED) is 0.828. The SMILES string of the molecule is CCc1nnsc1C(=O)OCC(=O)Nc1cc(Cl)cc(Cl)c1. The van der Waals surface area contributed by atoms with Crippen molar-refractivity contribution < 1.29 is 14.3 Å². The number of nitrogens with one attached hydrogen (secondary N) is 1. The standard InChI is InChI=1S/C13H11Cl2N3O3S/c1-2-10-12(22-18-17-10)13(20)21-6-11(19)16-9-4-7(14)3-8(15)5-9/h3-5H,2,6H2,1H3,(H,16,19). The van der Waals surface area contributed by atoms with Crippen molar-refractivity contribution in [2.24, 2.45) is 0 Å². The van der Waals surface area contributed by atoms with Crippen LogP contribution in [-0.2, 0) is 16.0 Å². The maximum Gasteiger partial charge on any atom is 0.352 e. The second kappa shape index (κ2) is 7.53. The van der Waals surface area contributed by atoms with Gasteiger partial charge in [-0.15, -0.1) is 5.10 Å². The van der Waals surface area contributed by atoms with Gasteiger partial charge < -0.3 is 10.1 Å². The molecule has 0 unspecified atom stereocenters. The third-order valence-electron chi connectivity index (χ3n) is 2.56. The minimum atomic E-state index is -0.619. The van der Waals surface area contributed by atoms with Gasteiger partial charge in [-0.05, 0) is 36.2 Å². The first-order chi connectivity index (χ1) is 10.5. The number of carbonyl (C=O) groups is 2. The molecule has 1 N–H and O–H groups in total. The fraction of sp³-hybridized carbons (Fsp3) is 0.231. The van der Waals surface area contributed by atoms with Crippen molar-refractivity contribution >= 4 is 52.3 Å². The van der Waals surface area contributed by atoms with Gasteiger partial charge in [-0.25, -0.2) is 4.79 Å². The van der Waals surface area contributed by atoms with E-state index in [0.717, 1.165) is 11.5 Å². The molecule has 0 radical (unpaired) electrons. The number of ether oxygens (including phenoxy) is 1. The molecule has 0 bridgehead atoms. The summed E-state index contributed by atoms with van der Waals surface area (Å²) in [6.45, 7) is 1.42. The average Bonchev–Trinajstić information content (AvgIpc) is 2.92. The number of benzene rings is 1. The van der Waals surface area contributed by atoms with E-state index in [4.69, 9.17) is 27.9 Å². The summed E-state index contributed by atoms with van der Waals surface area (Å²) in [6.07, 6.45) is 0.564.